The number of thiophene rings is 1. The van der Waals surface area contributed by atoms with Gasteiger partial charge in [0.2, 0.25) is 0 Å². The van der Waals surface area contributed by atoms with Crippen LogP contribution < -0.4 is 0 Å². The quantitative estimate of drug-likeness (QED) is 0.168. The Morgan fingerprint density at radius 2 is 1.09 bits per heavy atom. The van der Waals surface area contributed by atoms with Crippen molar-refractivity contribution in [2.45, 2.75) is 19.4 Å². The van der Waals surface area contributed by atoms with Crippen LogP contribution in [0.1, 0.15) is 24.3 Å². The summed E-state index contributed by atoms with van der Waals surface area (Å²) in [6.45, 7) is 2.36. The van der Waals surface area contributed by atoms with Gasteiger partial charge in [-0.15, -0.1) is 11.3 Å². The molecule has 5 aromatic heterocycles. The molecule has 0 radical (unpaired) electrons. The number of aromatic nitrogens is 3. The zero-order chi connectivity index (χ0) is 37.8. The lowest BCUT2D eigenvalue weighted by Crippen LogP contribution is -2.33. The maximum Gasteiger partial charge on any atom is 0.120 e. The van der Waals surface area contributed by atoms with Crippen LogP contribution in [0.15, 0.2) is 169 Å². The maximum atomic E-state index is 5.90. The summed E-state index contributed by atoms with van der Waals surface area (Å²) >= 11 is 1.92. The van der Waals surface area contributed by atoms with Crippen molar-refractivity contribution in [3.05, 3.63) is 169 Å². The van der Waals surface area contributed by atoms with Crippen molar-refractivity contribution < 1.29 is 0 Å². The summed E-state index contributed by atoms with van der Waals surface area (Å²) in [6.07, 6.45) is 0.926. The van der Waals surface area contributed by atoms with Gasteiger partial charge >= 0.3 is 0 Å². The van der Waals surface area contributed by atoms with Crippen LogP contribution in [0, 0.1) is 5.92 Å². The van der Waals surface area contributed by atoms with E-state index in [-0.39, 0.29) is 12.0 Å². The van der Waals surface area contributed by atoms with Crippen LogP contribution in [0.3, 0.4) is 0 Å². The van der Waals surface area contributed by atoms with E-state index in [0.29, 0.717) is 0 Å². The molecule has 0 saturated heterocycles. The van der Waals surface area contributed by atoms with Gasteiger partial charge in [-0.05, 0) is 65.7 Å². The van der Waals surface area contributed by atoms with Crippen molar-refractivity contribution in [3.8, 4) is 0 Å². The SMILES string of the molecule is CC[C@@H]1C(n2c3ccccc3c3c4c5cc6ccccc6cc5n5c6ccccc6c(cc32)c45)=Nc2c(sc3ccccc23)[C@@H]1n1c2ccccc2c2ccccc21. The van der Waals surface area contributed by atoms with Crippen molar-refractivity contribution >= 4 is 125 Å². The average Bonchev–Trinajstić information content (AvgIpc) is 4.07. The highest BCUT2D eigenvalue weighted by molar-refractivity contribution is 7.19. The molecule has 0 N–H and O–H groups in total. The minimum atomic E-state index is 0.0406. The van der Waals surface area contributed by atoms with Gasteiger partial charge in [0.1, 0.15) is 5.84 Å². The monoisotopic (exact) mass is 758 g/mol. The molecule has 5 heteroatoms. The molecule has 13 aromatic rings. The number of fused-ring (bicyclic) bond motifs is 17. The van der Waals surface area contributed by atoms with E-state index >= 15 is 0 Å². The molecule has 1 aliphatic rings. The lowest BCUT2D eigenvalue weighted by atomic mass is 9.89. The highest BCUT2D eigenvalue weighted by Gasteiger charge is 2.39. The normalized spacial score (nSPS) is 16.2. The third-order valence-corrected chi connectivity index (χ3v) is 14.6. The molecule has 272 valence electrons. The molecule has 2 atom stereocenters. The minimum absolute atomic E-state index is 0.0406. The van der Waals surface area contributed by atoms with E-state index in [1.165, 1.54) is 107 Å². The number of benzene rings is 8. The Morgan fingerprint density at radius 3 is 1.81 bits per heavy atom. The third-order valence-electron chi connectivity index (χ3n) is 13.3. The van der Waals surface area contributed by atoms with Gasteiger partial charge in [0.05, 0.1) is 44.2 Å². The van der Waals surface area contributed by atoms with Gasteiger partial charge in [-0.2, -0.15) is 0 Å². The van der Waals surface area contributed by atoms with E-state index in [1.807, 2.05) is 11.3 Å². The average molecular weight is 759 g/mol. The van der Waals surface area contributed by atoms with E-state index in [2.05, 4.69) is 184 Å². The fourth-order valence-corrected chi connectivity index (χ4v) is 12.3. The zero-order valence-corrected chi connectivity index (χ0v) is 32.5. The van der Waals surface area contributed by atoms with Crippen LogP contribution in [0.5, 0.6) is 0 Å². The Kier molecular flexibility index (Phi) is 5.98. The first-order valence-electron chi connectivity index (χ1n) is 20.4. The molecular weight excluding hydrogens is 725 g/mol. The summed E-state index contributed by atoms with van der Waals surface area (Å²) in [6, 6.07) is 61.0. The smallest absolute Gasteiger partial charge is 0.120 e. The standard InChI is InChI=1S/C53H34N4S/c1-2-32-51(55-40-22-10-5-17-33(40)34-18-6-11-23-41(34)55)52-49(37-21-9-14-26-46(37)58-52)54-53(32)57-43-25-13-8-20-36(43)47-45(57)29-38-35-19-7-12-24-42(35)56-44-28-31-16-4-3-15-30(31)27-39(44)48(47)50(38)56/h3-29,32,51H,2H2,1H3/t32-,51+/m0/s1. The molecule has 0 unspecified atom stereocenters. The summed E-state index contributed by atoms with van der Waals surface area (Å²) < 4.78 is 9.04. The van der Waals surface area contributed by atoms with Crippen molar-refractivity contribution in [2.24, 2.45) is 10.9 Å². The fourth-order valence-electron chi connectivity index (χ4n) is 11.0. The van der Waals surface area contributed by atoms with Crippen LogP contribution in [-0.4, -0.2) is 19.4 Å². The lowest BCUT2D eigenvalue weighted by molar-refractivity contribution is 0.473. The molecule has 14 rings (SSSR count). The maximum absolute atomic E-state index is 5.90. The van der Waals surface area contributed by atoms with Gasteiger partial charge in [-0.3, -0.25) is 4.57 Å². The number of nitrogens with zero attached hydrogens (tertiary/aromatic N) is 4. The van der Waals surface area contributed by atoms with Crippen LogP contribution in [0.25, 0.3) is 103 Å². The van der Waals surface area contributed by atoms with Crippen molar-refractivity contribution in [2.75, 3.05) is 0 Å². The van der Waals surface area contributed by atoms with Crippen LogP contribution in [0.4, 0.5) is 5.69 Å². The molecule has 0 aliphatic carbocycles. The van der Waals surface area contributed by atoms with Gasteiger partial charge in [-0.25, -0.2) is 4.99 Å². The molecule has 6 heterocycles. The van der Waals surface area contributed by atoms with Gasteiger partial charge < -0.3 is 8.97 Å². The number of hydrogen-bond acceptors (Lipinski definition) is 2. The summed E-state index contributed by atoms with van der Waals surface area (Å²) in [7, 11) is 0. The van der Waals surface area contributed by atoms with Gasteiger partial charge in [0.25, 0.3) is 0 Å². The second kappa shape index (κ2) is 11.1. The second-order valence-corrected chi connectivity index (χ2v) is 17.2. The van der Waals surface area contributed by atoms with Gasteiger partial charge in [0.15, 0.2) is 0 Å². The van der Waals surface area contributed by atoms with Crippen LogP contribution in [-0.2, 0) is 0 Å². The Balaban J connectivity index is 1.17. The Bertz CT molecular complexity index is 3870. The molecule has 58 heavy (non-hydrogen) atoms. The molecular formula is C53H34N4S. The van der Waals surface area contributed by atoms with E-state index in [0.717, 1.165) is 17.9 Å². The van der Waals surface area contributed by atoms with E-state index < -0.39 is 0 Å². The molecule has 0 bridgehead atoms. The molecule has 4 nitrogen and oxygen atoms in total. The van der Waals surface area contributed by atoms with Crippen molar-refractivity contribution in [3.63, 3.8) is 0 Å². The number of para-hydroxylation sites is 4. The number of rotatable bonds is 2. The Hall–Kier alpha value is -6.95. The lowest BCUT2D eigenvalue weighted by Gasteiger charge is -2.34. The highest BCUT2D eigenvalue weighted by atomic mass is 32.1. The third kappa shape index (κ3) is 3.78. The van der Waals surface area contributed by atoms with Crippen LogP contribution in [0.2, 0.25) is 0 Å². The predicted molar refractivity (Wildman–Crippen MR) is 247 cm³/mol. The van der Waals surface area contributed by atoms with E-state index in [9.17, 15) is 0 Å². The topological polar surface area (TPSA) is 26.6 Å². The van der Waals surface area contributed by atoms with Crippen molar-refractivity contribution in [1.29, 1.82) is 0 Å². The summed E-state index contributed by atoms with van der Waals surface area (Å²) in [4.78, 5) is 7.25. The first kappa shape index (κ1) is 31.2. The molecule has 8 aromatic carbocycles. The molecule has 1 aliphatic heterocycles. The van der Waals surface area contributed by atoms with Crippen molar-refractivity contribution in [1.82, 2.24) is 13.5 Å². The van der Waals surface area contributed by atoms with E-state index in [4.69, 9.17) is 4.99 Å². The van der Waals surface area contributed by atoms with E-state index in [1.54, 1.807) is 0 Å². The first-order chi connectivity index (χ1) is 28.8. The number of hydrogen-bond donors (Lipinski definition) is 0. The molecule has 0 fully saturated rings. The first-order valence-corrected chi connectivity index (χ1v) is 21.2. The summed E-state index contributed by atoms with van der Waals surface area (Å²) in [5.41, 5.74) is 9.87. The Morgan fingerprint density at radius 1 is 0.500 bits per heavy atom. The van der Waals surface area contributed by atoms with Gasteiger partial charge in [0, 0.05) is 70.1 Å². The summed E-state index contributed by atoms with van der Waals surface area (Å²) in [5.74, 6) is 1.20. The van der Waals surface area contributed by atoms with Gasteiger partial charge in [-0.1, -0.05) is 122 Å². The second-order valence-electron chi connectivity index (χ2n) is 16.1. The van der Waals surface area contributed by atoms with Crippen LogP contribution >= 0.6 is 11.3 Å². The summed E-state index contributed by atoms with van der Waals surface area (Å²) in [5, 5.41) is 14.1. The molecule has 0 amide bonds. The predicted octanol–water partition coefficient (Wildman–Crippen LogP) is 14.6. The molecule has 0 saturated carbocycles. The minimum Gasteiger partial charge on any atom is -0.331 e. The largest absolute Gasteiger partial charge is 0.331 e. The fraction of sp³-hybridized carbons (Fsp3) is 0.0755. The Labute approximate surface area is 336 Å². The molecule has 0 spiro atoms. The highest BCUT2D eigenvalue weighted by Crippen LogP contribution is 2.53. The number of aliphatic imine (C=N–C) groups is 1. The zero-order valence-electron chi connectivity index (χ0n) is 31.6.